The van der Waals surface area contributed by atoms with Crippen LogP contribution in [0, 0.1) is 0 Å². The molecule has 1 heterocycles. The molecule has 31 heavy (non-hydrogen) atoms. The second-order valence-electron chi connectivity index (χ2n) is 7.77. The smallest absolute Gasteiger partial charge is 0.251 e. The fourth-order valence-corrected chi connectivity index (χ4v) is 6.70. The van der Waals surface area contributed by atoms with E-state index < -0.39 is 9.84 Å². The molecule has 0 atom stereocenters. The van der Waals surface area contributed by atoms with E-state index in [4.69, 9.17) is 12.2 Å². The summed E-state index contributed by atoms with van der Waals surface area (Å²) in [5.41, 5.74) is 1.50. The van der Waals surface area contributed by atoms with Gasteiger partial charge in [-0.2, -0.15) is 11.8 Å². The fourth-order valence-electron chi connectivity index (χ4n) is 3.78. The number of allylic oxidation sites excluding steroid dienone is 1. The first-order chi connectivity index (χ1) is 15.0. The molecule has 9 heteroatoms. The number of carbonyl (C=O) groups is 1. The molecule has 1 aromatic rings. The van der Waals surface area contributed by atoms with Gasteiger partial charge >= 0.3 is 0 Å². The summed E-state index contributed by atoms with van der Waals surface area (Å²) in [5, 5.41) is 7.45. The molecular weight excluding hydrogens is 450 g/mol. The minimum atomic E-state index is -3.31. The number of nitrogens with zero attached hydrogens (tertiary/aromatic N) is 2. The lowest BCUT2D eigenvalue weighted by Gasteiger charge is -2.30. The minimum absolute atomic E-state index is 0.0223. The van der Waals surface area contributed by atoms with Crippen LogP contribution in [0.25, 0.3) is 0 Å². The zero-order chi connectivity index (χ0) is 22.1. The number of thioether (sulfide) groups is 1. The van der Waals surface area contributed by atoms with Crippen molar-refractivity contribution in [1.29, 1.82) is 0 Å². The number of thiocarbonyl (C=S) groups is 1. The molecule has 1 aliphatic heterocycles. The van der Waals surface area contributed by atoms with E-state index in [9.17, 15) is 13.2 Å². The highest BCUT2D eigenvalue weighted by molar-refractivity contribution is 8.01. The molecule has 3 rings (SSSR count). The molecule has 0 unspecified atom stereocenters. The van der Waals surface area contributed by atoms with E-state index >= 15 is 0 Å². The van der Waals surface area contributed by atoms with Crippen molar-refractivity contribution in [2.24, 2.45) is 0 Å². The van der Waals surface area contributed by atoms with E-state index in [0.717, 1.165) is 25.9 Å². The number of sulfone groups is 1. The third-order valence-electron chi connectivity index (χ3n) is 5.49. The van der Waals surface area contributed by atoms with Gasteiger partial charge < -0.3 is 5.32 Å². The van der Waals surface area contributed by atoms with Gasteiger partial charge in [-0.05, 0) is 62.9 Å². The lowest BCUT2D eigenvalue weighted by molar-refractivity contribution is -0.135. The number of hydrogen-bond donors (Lipinski definition) is 1. The molecule has 1 fully saturated rings. The van der Waals surface area contributed by atoms with Gasteiger partial charge in [0.05, 0.1) is 16.4 Å². The molecule has 1 saturated heterocycles. The number of hydrogen-bond acceptors (Lipinski definition) is 5. The molecule has 170 valence electrons. The third-order valence-corrected chi connectivity index (χ3v) is 8.77. The Balaban J connectivity index is 1.39. The number of carbonyl (C=O) groups excluding carboxylic acids is 1. The first-order valence-electron chi connectivity index (χ1n) is 10.9. The molecule has 1 N–H and O–H groups in total. The number of benzene rings is 1. The van der Waals surface area contributed by atoms with E-state index in [0.29, 0.717) is 22.3 Å². The maximum absolute atomic E-state index is 12.7. The van der Waals surface area contributed by atoms with Crippen LogP contribution in [0.5, 0.6) is 0 Å². The van der Waals surface area contributed by atoms with Crippen molar-refractivity contribution in [2.75, 3.05) is 36.9 Å². The van der Waals surface area contributed by atoms with Crippen molar-refractivity contribution >= 4 is 44.8 Å². The summed E-state index contributed by atoms with van der Waals surface area (Å²) in [6, 6.07) is 8.43. The van der Waals surface area contributed by atoms with Gasteiger partial charge in [-0.25, -0.2) is 8.42 Å². The first kappa shape index (κ1) is 24.1. The van der Waals surface area contributed by atoms with Crippen LogP contribution in [0.4, 0.5) is 0 Å². The Labute approximate surface area is 195 Å². The largest absolute Gasteiger partial charge is 0.361 e. The maximum Gasteiger partial charge on any atom is 0.251 e. The molecular formula is C22H31N3O3S3. The van der Waals surface area contributed by atoms with Gasteiger partial charge in [0.1, 0.15) is 0 Å². The van der Waals surface area contributed by atoms with E-state index in [1.54, 1.807) is 35.3 Å². The van der Waals surface area contributed by atoms with E-state index in [1.807, 2.05) is 5.01 Å². The van der Waals surface area contributed by atoms with Gasteiger partial charge in [0.2, 0.25) is 0 Å². The van der Waals surface area contributed by atoms with Crippen LogP contribution in [0.1, 0.15) is 38.5 Å². The van der Waals surface area contributed by atoms with Gasteiger partial charge in [-0.1, -0.05) is 29.8 Å². The van der Waals surface area contributed by atoms with E-state index in [-0.39, 0.29) is 17.4 Å². The molecule has 1 aliphatic carbocycles. The van der Waals surface area contributed by atoms with Crippen molar-refractivity contribution in [2.45, 2.75) is 43.4 Å². The summed E-state index contributed by atoms with van der Waals surface area (Å²) in [7, 11) is -3.31. The normalized spacial score (nSPS) is 16.8. The maximum atomic E-state index is 12.7. The Morgan fingerprint density at radius 2 is 1.87 bits per heavy atom. The Morgan fingerprint density at radius 1 is 1.10 bits per heavy atom. The third kappa shape index (κ3) is 7.22. The van der Waals surface area contributed by atoms with Gasteiger partial charge in [-0.15, -0.1) is 0 Å². The van der Waals surface area contributed by atoms with E-state index in [2.05, 4.69) is 11.4 Å². The molecule has 0 bridgehead atoms. The summed E-state index contributed by atoms with van der Waals surface area (Å²) < 4.78 is 24.7. The van der Waals surface area contributed by atoms with Crippen LogP contribution in [0.3, 0.4) is 0 Å². The number of amides is 1. The molecule has 0 saturated carbocycles. The van der Waals surface area contributed by atoms with Gasteiger partial charge in [0.25, 0.3) is 5.91 Å². The Hall–Kier alpha value is -1.58. The molecule has 0 radical (unpaired) electrons. The second-order valence-corrected chi connectivity index (χ2v) is 11.4. The van der Waals surface area contributed by atoms with Crippen LogP contribution >= 0.6 is 24.0 Å². The first-order valence-corrected chi connectivity index (χ1v) is 14.1. The summed E-state index contributed by atoms with van der Waals surface area (Å²) >= 11 is 6.88. The van der Waals surface area contributed by atoms with Gasteiger partial charge in [0.15, 0.2) is 14.9 Å². The van der Waals surface area contributed by atoms with E-state index in [1.165, 1.54) is 43.0 Å². The van der Waals surface area contributed by atoms with Crippen molar-refractivity contribution in [3.8, 4) is 0 Å². The monoisotopic (exact) mass is 481 g/mol. The summed E-state index contributed by atoms with van der Waals surface area (Å²) in [5.74, 6) is 0.623. The highest BCUT2D eigenvalue weighted by atomic mass is 32.2. The summed E-state index contributed by atoms with van der Waals surface area (Å²) in [4.78, 5) is 13.0. The van der Waals surface area contributed by atoms with Crippen LogP contribution in [-0.4, -0.2) is 66.3 Å². The predicted molar refractivity (Wildman–Crippen MR) is 131 cm³/mol. The molecule has 1 aromatic carbocycles. The average molecular weight is 482 g/mol. The summed E-state index contributed by atoms with van der Waals surface area (Å²) in [6.07, 6.45) is 9.14. The molecule has 1 amide bonds. The quantitative estimate of drug-likeness (QED) is 0.329. The van der Waals surface area contributed by atoms with Crippen LogP contribution in [0.15, 0.2) is 46.9 Å². The lowest BCUT2D eigenvalue weighted by atomic mass is 9.97. The highest BCUT2D eigenvalue weighted by Crippen LogP contribution is 2.20. The zero-order valence-electron chi connectivity index (χ0n) is 17.8. The highest BCUT2D eigenvalue weighted by Gasteiger charge is 2.28. The minimum Gasteiger partial charge on any atom is -0.361 e. The molecule has 0 spiro atoms. The van der Waals surface area contributed by atoms with Gasteiger partial charge in [-0.3, -0.25) is 14.8 Å². The Kier molecular flexibility index (Phi) is 9.22. The topological polar surface area (TPSA) is 69.7 Å². The van der Waals surface area contributed by atoms with Crippen molar-refractivity contribution < 1.29 is 13.2 Å². The van der Waals surface area contributed by atoms with Crippen molar-refractivity contribution in [1.82, 2.24) is 15.3 Å². The van der Waals surface area contributed by atoms with Crippen LogP contribution in [0.2, 0.25) is 0 Å². The van der Waals surface area contributed by atoms with Crippen molar-refractivity contribution in [3.63, 3.8) is 0 Å². The lowest BCUT2D eigenvalue weighted by Crippen LogP contribution is -2.49. The summed E-state index contributed by atoms with van der Waals surface area (Å²) in [6.45, 7) is 2.16. The fraction of sp³-hybridized carbons (Fsp3) is 0.545. The second kappa shape index (κ2) is 11.9. The predicted octanol–water partition coefficient (Wildman–Crippen LogP) is 3.41. The number of hydrazine groups is 1. The zero-order valence-corrected chi connectivity index (χ0v) is 20.2. The average Bonchev–Trinajstić information content (AvgIpc) is 3.28. The Bertz CT molecular complexity index is 888. The van der Waals surface area contributed by atoms with Crippen LogP contribution in [-0.2, 0) is 14.6 Å². The number of nitrogens with one attached hydrogen (secondary N) is 1. The van der Waals surface area contributed by atoms with Crippen molar-refractivity contribution in [3.05, 3.63) is 42.0 Å². The molecule has 6 nitrogen and oxygen atoms in total. The molecule has 0 aromatic heterocycles. The SMILES string of the molecule is O=C(CSCCS(=O)(=O)c1ccccc1)N1CCCN1C(=S)NCCC1=CCCCC1. The van der Waals surface area contributed by atoms with Gasteiger partial charge in [0, 0.05) is 25.4 Å². The van der Waals surface area contributed by atoms with Crippen LogP contribution < -0.4 is 5.32 Å². The number of rotatable bonds is 9. The Morgan fingerprint density at radius 3 is 2.61 bits per heavy atom. The molecule has 2 aliphatic rings. The standard InChI is InChI=1S/C22H31N3O3S3/c26-21(18-30-16-17-31(27,28)20-10-5-2-6-11-20)24-14-7-15-25(24)22(29)23-13-12-19-8-3-1-4-9-19/h2,5-6,8,10-11H,1,3-4,7,9,12-18H2,(H,23,29).